The molecule has 1 aliphatic heterocycles. The maximum atomic E-state index is 12.4. The van der Waals surface area contributed by atoms with Crippen LogP contribution in [0.4, 0.5) is 0 Å². The molecule has 0 saturated carbocycles. The number of methoxy groups -OCH3 is 3. The molecule has 0 aliphatic carbocycles. The maximum Gasteiger partial charge on any atom is 0.251 e. The molecule has 0 spiro atoms. The minimum absolute atomic E-state index is 0.195. The summed E-state index contributed by atoms with van der Waals surface area (Å²) in [5, 5.41) is 5.29. The summed E-state index contributed by atoms with van der Waals surface area (Å²) < 4.78 is 27.1. The maximum absolute atomic E-state index is 12.4. The van der Waals surface area contributed by atoms with Crippen molar-refractivity contribution in [3.05, 3.63) is 42.0 Å². The van der Waals surface area contributed by atoms with Crippen molar-refractivity contribution in [2.45, 2.75) is 6.10 Å². The van der Waals surface area contributed by atoms with E-state index in [4.69, 9.17) is 23.7 Å². The van der Waals surface area contributed by atoms with Crippen molar-refractivity contribution in [2.75, 3.05) is 41.0 Å². The Labute approximate surface area is 174 Å². The highest BCUT2D eigenvalue weighted by atomic mass is 16.6. The molecule has 1 atom stereocenters. The van der Waals surface area contributed by atoms with Crippen molar-refractivity contribution >= 4 is 11.8 Å². The van der Waals surface area contributed by atoms with Crippen LogP contribution >= 0.6 is 0 Å². The summed E-state index contributed by atoms with van der Waals surface area (Å²) in [6.07, 6.45) is -0.310. The van der Waals surface area contributed by atoms with Crippen molar-refractivity contribution in [2.24, 2.45) is 0 Å². The average Bonchev–Trinajstić information content (AvgIpc) is 2.79. The molecule has 2 N–H and O–H groups in total. The second kappa shape index (κ2) is 9.73. The van der Waals surface area contributed by atoms with Crippen LogP contribution in [0.1, 0.15) is 10.4 Å². The largest absolute Gasteiger partial charge is 0.493 e. The molecule has 160 valence electrons. The number of nitrogens with one attached hydrogen (secondary N) is 2. The molecular formula is C21H24N2O7. The monoisotopic (exact) mass is 416 g/mol. The fourth-order valence-electron chi connectivity index (χ4n) is 2.93. The Hall–Kier alpha value is -3.62. The molecule has 0 saturated heterocycles. The van der Waals surface area contributed by atoms with Gasteiger partial charge in [-0.3, -0.25) is 9.59 Å². The van der Waals surface area contributed by atoms with Crippen molar-refractivity contribution in [1.82, 2.24) is 10.6 Å². The van der Waals surface area contributed by atoms with Crippen LogP contribution in [0.25, 0.3) is 0 Å². The molecule has 0 bridgehead atoms. The molecule has 0 radical (unpaired) electrons. The van der Waals surface area contributed by atoms with Crippen molar-refractivity contribution < 1.29 is 33.3 Å². The zero-order valence-electron chi connectivity index (χ0n) is 17.0. The number of hydrogen-bond donors (Lipinski definition) is 2. The van der Waals surface area contributed by atoms with Gasteiger partial charge in [0.2, 0.25) is 11.7 Å². The highest BCUT2D eigenvalue weighted by molar-refractivity contribution is 5.97. The number of para-hydroxylation sites is 2. The number of hydrogen-bond acceptors (Lipinski definition) is 7. The summed E-state index contributed by atoms with van der Waals surface area (Å²) in [5.41, 5.74) is 0.276. The van der Waals surface area contributed by atoms with Crippen LogP contribution in [0.5, 0.6) is 28.7 Å². The lowest BCUT2D eigenvalue weighted by atomic mass is 10.1. The SMILES string of the molecule is COc1cc(C(=O)NCC(=O)NC[C@H]2COc3ccccc3O2)cc(OC)c1OC. The van der Waals surface area contributed by atoms with Gasteiger partial charge in [0.05, 0.1) is 34.4 Å². The minimum atomic E-state index is -0.449. The first-order valence-electron chi connectivity index (χ1n) is 9.29. The highest BCUT2D eigenvalue weighted by Crippen LogP contribution is 2.38. The van der Waals surface area contributed by atoms with Crippen LogP contribution in [0.3, 0.4) is 0 Å². The van der Waals surface area contributed by atoms with Crippen LogP contribution in [0.15, 0.2) is 36.4 Å². The number of carbonyl (C=O) groups is 2. The van der Waals surface area contributed by atoms with E-state index in [-0.39, 0.29) is 30.7 Å². The van der Waals surface area contributed by atoms with Gasteiger partial charge in [0.1, 0.15) is 12.7 Å². The smallest absolute Gasteiger partial charge is 0.251 e. The Balaban J connectivity index is 1.51. The van der Waals surface area contributed by atoms with Gasteiger partial charge in [-0.2, -0.15) is 0 Å². The molecule has 9 heteroatoms. The second-order valence-electron chi connectivity index (χ2n) is 6.40. The molecule has 9 nitrogen and oxygen atoms in total. The quantitative estimate of drug-likeness (QED) is 0.670. The lowest BCUT2D eigenvalue weighted by Gasteiger charge is -2.26. The van der Waals surface area contributed by atoms with Crippen LogP contribution in [-0.2, 0) is 4.79 Å². The fraction of sp³-hybridized carbons (Fsp3) is 0.333. The molecular weight excluding hydrogens is 392 g/mol. The van der Waals surface area contributed by atoms with Crippen molar-refractivity contribution in [3.63, 3.8) is 0 Å². The number of fused-ring (bicyclic) bond motifs is 1. The van der Waals surface area contributed by atoms with Crippen LogP contribution in [0, 0.1) is 0 Å². The molecule has 2 aromatic carbocycles. The van der Waals surface area contributed by atoms with Crippen molar-refractivity contribution in [3.8, 4) is 28.7 Å². The van der Waals surface area contributed by atoms with Gasteiger partial charge in [-0.05, 0) is 24.3 Å². The summed E-state index contributed by atoms with van der Waals surface area (Å²) in [5.74, 6) is 1.60. The molecule has 1 aliphatic rings. The summed E-state index contributed by atoms with van der Waals surface area (Å²) in [6, 6.07) is 10.4. The molecule has 0 unspecified atom stereocenters. The fourth-order valence-corrected chi connectivity index (χ4v) is 2.93. The number of ether oxygens (including phenoxy) is 5. The van der Waals surface area contributed by atoms with Gasteiger partial charge >= 0.3 is 0 Å². The zero-order valence-corrected chi connectivity index (χ0v) is 17.0. The van der Waals surface area contributed by atoms with Crippen LogP contribution < -0.4 is 34.3 Å². The first kappa shape index (κ1) is 21.1. The third-order valence-corrected chi connectivity index (χ3v) is 4.43. The normalized spacial score (nSPS) is 14.4. The predicted molar refractivity (Wildman–Crippen MR) is 108 cm³/mol. The van der Waals surface area contributed by atoms with E-state index in [1.165, 1.54) is 33.5 Å². The van der Waals surface area contributed by atoms with Gasteiger partial charge < -0.3 is 34.3 Å². The molecule has 0 aromatic heterocycles. The van der Waals surface area contributed by atoms with Crippen molar-refractivity contribution in [1.29, 1.82) is 0 Å². The average molecular weight is 416 g/mol. The van der Waals surface area contributed by atoms with E-state index < -0.39 is 5.91 Å². The summed E-state index contributed by atoms with van der Waals surface area (Å²) in [6.45, 7) is 0.391. The van der Waals surface area contributed by atoms with E-state index in [0.717, 1.165) is 0 Å². The van der Waals surface area contributed by atoms with Gasteiger partial charge in [0.25, 0.3) is 5.91 Å². The second-order valence-corrected chi connectivity index (χ2v) is 6.40. The number of rotatable bonds is 8. The molecule has 2 aromatic rings. The van der Waals surface area contributed by atoms with Gasteiger partial charge in [0, 0.05) is 5.56 Å². The lowest BCUT2D eigenvalue weighted by Crippen LogP contribution is -2.44. The van der Waals surface area contributed by atoms with E-state index in [1.807, 2.05) is 18.2 Å². The Bertz CT molecular complexity index is 891. The van der Waals surface area contributed by atoms with Gasteiger partial charge in [0.15, 0.2) is 23.0 Å². The first-order valence-corrected chi connectivity index (χ1v) is 9.29. The number of carbonyl (C=O) groups excluding carboxylic acids is 2. The topological polar surface area (TPSA) is 104 Å². The van der Waals surface area contributed by atoms with E-state index in [2.05, 4.69) is 10.6 Å². The highest BCUT2D eigenvalue weighted by Gasteiger charge is 2.21. The van der Waals surface area contributed by atoms with E-state index in [9.17, 15) is 9.59 Å². The Morgan fingerprint density at radius 3 is 2.30 bits per heavy atom. The minimum Gasteiger partial charge on any atom is -0.493 e. The van der Waals surface area contributed by atoms with Gasteiger partial charge in [-0.25, -0.2) is 0 Å². The standard InChI is InChI=1S/C21H24N2O7/c1-26-17-8-13(9-18(27-2)20(17)28-3)21(25)23-11-19(24)22-10-14-12-29-15-6-4-5-7-16(15)30-14/h4-9,14H,10-12H2,1-3H3,(H,22,24)(H,23,25)/t14-/m0/s1. The zero-order chi connectivity index (χ0) is 21.5. The first-order chi connectivity index (χ1) is 14.5. The predicted octanol–water partition coefficient (Wildman–Crippen LogP) is 1.40. The number of benzene rings is 2. The Morgan fingerprint density at radius 2 is 1.67 bits per heavy atom. The lowest BCUT2D eigenvalue weighted by molar-refractivity contribution is -0.120. The molecule has 0 fully saturated rings. The summed E-state index contributed by atoms with van der Waals surface area (Å²) in [7, 11) is 4.40. The summed E-state index contributed by atoms with van der Waals surface area (Å²) >= 11 is 0. The van der Waals surface area contributed by atoms with E-state index >= 15 is 0 Å². The molecule has 3 rings (SSSR count). The van der Waals surface area contributed by atoms with Gasteiger partial charge in [-0.1, -0.05) is 12.1 Å². The van der Waals surface area contributed by atoms with Gasteiger partial charge in [-0.15, -0.1) is 0 Å². The number of amides is 2. The third-order valence-electron chi connectivity index (χ3n) is 4.43. The Morgan fingerprint density at radius 1 is 1.00 bits per heavy atom. The molecule has 1 heterocycles. The van der Waals surface area contributed by atoms with Crippen LogP contribution in [-0.4, -0.2) is 58.9 Å². The molecule has 2 amide bonds. The summed E-state index contributed by atoms with van der Waals surface area (Å²) in [4.78, 5) is 24.6. The molecule has 30 heavy (non-hydrogen) atoms. The van der Waals surface area contributed by atoms with E-state index in [1.54, 1.807) is 6.07 Å². The third kappa shape index (κ3) is 4.86. The van der Waals surface area contributed by atoms with E-state index in [0.29, 0.717) is 35.4 Å². The van der Waals surface area contributed by atoms with Crippen LogP contribution in [0.2, 0.25) is 0 Å². The Kier molecular flexibility index (Phi) is 6.84.